The molecule has 388 valence electrons. The molecule has 6 unspecified atom stereocenters. The topological polar surface area (TPSA) is 737 Å². The first-order valence-electron chi connectivity index (χ1n) is 15.8. The molecule has 4 aromatic rings. The SMILES string of the molecule is N.N.N.N.N.N.Nc1ncnc2c1ncn2[C@@H]1O[C@H](COP(=O)(O)OP(=O)(O)OP(=O)(O)OP(=O)(O)OP(=O)(O)OP(=O)(O)OC[C@H]2O[C@@H](n3cnc4c(N)ncnc43)[C@H](O)[C@@H]2O)[C@@H](O)[C@H]1O. The molecule has 41 nitrogen and oxygen atoms in total. The molecule has 4 aromatic heterocycles. The summed E-state index contributed by atoms with van der Waals surface area (Å²) in [5.41, 5.74) is 11.6. The van der Waals surface area contributed by atoms with Crippen molar-refractivity contribution in [3.05, 3.63) is 25.3 Å². The second kappa shape index (κ2) is 23.3. The summed E-state index contributed by atoms with van der Waals surface area (Å²) in [5.74, 6) is -0.117. The van der Waals surface area contributed by atoms with Gasteiger partial charge in [0.2, 0.25) is 0 Å². The van der Waals surface area contributed by atoms with Crippen molar-refractivity contribution < 1.29 is 117 Å². The monoisotopic (exact) mass is 1100 g/mol. The first kappa shape index (κ1) is 64.1. The molecule has 0 saturated carbocycles. The standard InChI is InChI=1S/C20H30N10O25P6.6H3N/c21-15-9-17(25-3-23-15)29(5-27-9)19-13(33)11(31)7(49-19)1-47-56(35,36)51-58(39,40)53-60(43,44)55-61(45,46)54-59(41,42)52-57(37,38)48-2-8-12(32)14(34)20(50-8)30-6-28-10-16(22)24-4-26-18(10)30;;;;;;/h3-8,11-14,19-20,31-34H,1-2H2,(H,35,36)(H,37,38)(H,39,40)(H,41,42)(H,43,44)(H,45,46)(H2,21,23,25)(H2,22,24,26);6*1H3/t7-,8-,11-,12-,13-,14-,19-,20-;;;;;;/m1....../s1. The van der Waals surface area contributed by atoms with Crippen LogP contribution in [-0.4, -0.2) is 139 Å². The summed E-state index contributed by atoms with van der Waals surface area (Å²) in [4.78, 5) is 82.2. The fraction of sp³-hybridized carbons (Fsp3) is 0.500. The van der Waals surface area contributed by atoms with Crippen molar-refractivity contribution in [3.8, 4) is 0 Å². The molecule has 32 N–H and O–H groups in total. The number of fused-ring (bicyclic) bond motifs is 2. The highest BCUT2D eigenvalue weighted by atomic mass is 31.3. The van der Waals surface area contributed by atoms with Crippen molar-refractivity contribution in [2.45, 2.75) is 49.1 Å². The zero-order valence-electron chi connectivity index (χ0n) is 33.6. The number of nitrogen functional groups attached to an aromatic ring is 2. The summed E-state index contributed by atoms with van der Waals surface area (Å²) in [5, 5.41) is 41.8. The van der Waals surface area contributed by atoms with Crippen molar-refractivity contribution in [3.63, 3.8) is 0 Å². The Labute approximate surface area is 372 Å². The number of imidazole rings is 2. The smallest absolute Gasteiger partial charge is 0.387 e. The van der Waals surface area contributed by atoms with Gasteiger partial charge in [-0.2, -0.15) is 21.6 Å². The third kappa shape index (κ3) is 15.0. The summed E-state index contributed by atoms with van der Waals surface area (Å²) in [6.07, 6.45) is -9.40. The van der Waals surface area contributed by atoms with E-state index in [1.807, 2.05) is 0 Å². The lowest BCUT2D eigenvalue weighted by Gasteiger charge is -2.22. The van der Waals surface area contributed by atoms with Crippen LogP contribution in [0.3, 0.4) is 0 Å². The lowest BCUT2D eigenvalue weighted by molar-refractivity contribution is -0.0503. The molecule has 6 rings (SSSR count). The van der Waals surface area contributed by atoms with Gasteiger partial charge >= 0.3 is 46.9 Å². The van der Waals surface area contributed by atoms with Gasteiger partial charge in [-0.15, -0.1) is 0 Å². The maximum Gasteiger partial charge on any atom is 0.490 e. The Hall–Kier alpha value is -2.92. The van der Waals surface area contributed by atoms with Gasteiger partial charge in [0, 0.05) is 0 Å². The quantitative estimate of drug-likeness (QED) is 0.0518. The normalized spacial score (nSPS) is 27.9. The summed E-state index contributed by atoms with van der Waals surface area (Å²) in [6.45, 7) is -2.43. The molecule has 2 saturated heterocycles. The molecule has 0 aliphatic carbocycles. The van der Waals surface area contributed by atoms with Gasteiger partial charge in [0.25, 0.3) is 0 Å². The predicted molar refractivity (Wildman–Crippen MR) is 218 cm³/mol. The van der Waals surface area contributed by atoms with Gasteiger partial charge in [0.05, 0.1) is 25.9 Å². The molecule has 2 fully saturated rings. The summed E-state index contributed by atoms with van der Waals surface area (Å²) in [7, 11) is -37.9. The minimum Gasteiger partial charge on any atom is -0.387 e. The van der Waals surface area contributed by atoms with E-state index < -0.39 is 109 Å². The van der Waals surface area contributed by atoms with Crippen molar-refractivity contribution in [2.75, 3.05) is 24.7 Å². The largest absolute Gasteiger partial charge is 0.490 e. The molecular formula is C20H48N16O25P6. The fourth-order valence-electron chi connectivity index (χ4n) is 5.40. The number of hydrogen-bond acceptors (Lipinski definition) is 33. The number of anilines is 2. The van der Waals surface area contributed by atoms with Gasteiger partial charge in [-0.3, -0.25) is 18.2 Å². The predicted octanol–water partition coefficient (Wildman–Crippen LogP) is -1.24. The second-order valence-corrected chi connectivity index (χ2v) is 21.5. The molecule has 0 spiro atoms. The van der Waals surface area contributed by atoms with Crippen LogP contribution < -0.4 is 48.4 Å². The van der Waals surface area contributed by atoms with E-state index in [-0.39, 0.29) is 70.9 Å². The van der Waals surface area contributed by atoms with E-state index >= 15 is 0 Å². The average molecular weight is 1100 g/mol. The van der Waals surface area contributed by atoms with Crippen LogP contribution in [0.4, 0.5) is 11.6 Å². The molecule has 0 amide bonds. The van der Waals surface area contributed by atoms with Crippen LogP contribution in [0.2, 0.25) is 0 Å². The van der Waals surface area contributed by atoms with Crippen molar-refractivity contribution in [1.29, 1.82) is 0 Å². The number of phosphoric ester groups is 2. The van der Waals surface area contributed by atoms with Gasteiger partial charge in [0.1, 0.15) is 60.3 Å². The third-order valence-corrected chi connectivity index (χ3v) is 17.0. The number of nitrogens with zero attached hydrogens (tertiary/aromatic N) is 8. The van der Waals surface area contributed by atoms with Crippen molar-refractivity contribution >= 4 is 80.9 Å². The summed E-state index contributed by atoms with van der Waals surface area (Å²) >= 11 is 0. The molecule has 0 radical (unpaired) electrons. The van der Waals surface area contributed by atoms with E-state index in [1.165, 1.54) is 0 Å². The van der Waals surface area contributed by atoms with Crippen LogP contribution in [0.15, 0.2) is 25.3 Å². The molecule has 67 heavy (non-hydrogen) atoms. The number of aromatic nitrogens is 8. The lowest BCUT2D eigenvalue weighted by Crippen LogP contribution is -2.33. The van der Waals surface area contributed by atoms with Crippen LogP contribution >= 0.6 is 46.9 Å². The van der Waals surface area contributed by atoms with Gasteiger partial charge in [0.15, 0.2) is 35.4 Å². The number of rotatable bonds is 18. The highest BCUT2D eigenvalue weighted by molar-refractivity contribution is 7.72. The van der Waals surface area contributed by atoms with E-state index in [9.17, 15) is 77.2 Å². The fourth-order valence-corrected chi connectivity index (χ4v) is 13.2. The molecule has 0 bridgehead atoms. The van der Waals surface area contributed by atoms with E-state index in [0.29, 0.717) is 0 Å². The maximum absolute atomic E-state index is 12.4. The molecule has 2 aliphatic rings. The first-order chi connectivity index (χ1) is 28.1. The molecule has 14 atom stereocenters. The molecule has 0 aromatic carbocycles. The number of hydrogen-bond donors (Lipinski definition) is 18. The number of nitrogens with two attached hydrogens (primary N) is 2. The highest BCUT2D eigenvalue weighted by Crippen LogP contribution is 2.75. The first-order valence-corrected chi connectivity index (χ1v) is 24.8. The van der Waals surface area contributed by atoms with Crippen molar-refractivity contribution in [1.82, 2.24) is 75.9 Å². The lowest BCUT2D eigenvalue weighted by atomic mass is 10.1. The highest BCUT2D eigenvalue weighted by Gasteiger charge is 2.52. The van der Waals surface area contributed by atoms with E-state index in [0.717, 1.165) is 34.4 Å². The zero-order valence-corrected chi connectivity index (χ0v) is 39.0. The summed E-state index contributed by atoms with van der Waals surface area (Å²) < 4.78 is 114. The summed E-state index contributed by atoms with van der Waals surface area (Å²) in [6, 6.07) is 0. The number of aliphatic hydroxyl groups is 4. The molecule has 2 aliphatic heterocycles. The Morgan fingerprint density at radius 1 is 0.478 bits per heavy atom. The molecular weight excluding hydrogens is 1050 g/mol. The minimum absolute atomic E-state index is 0. The average Bonchev–Trinajstić information content (AvgIpc) is 3.86. The van der Waals surface area contributed by atoms with E-state index in [4.69, 9.17) is 20.9 Å². The number of ether oxygens (including phenoxy) is 2. The van der Waals surface area contributed by atoms with Crippen LogP contribution in [0, 0.1) is 0 Å². The Bertz CT molecular complexity index is 2420. The molecule has 6 heterocycles. The maximum atomic E-state index is 12.4. The van der Waals surface area contributed by atoms with Crippen LogP contribution in [0.1, 0.15) is 12.5 Å². The van der Waals surface area contributed by atoms with Gasteiger partial charge in [-0.25, -0.2) is 57.3 Å². The number of phosphoric acid groups is 6. The number of aliphatic hydroxyl groups excluding tert-OH is 4. The minimum atomic E-state index is -6.59. The van der Waals surface area contributed by atoms with E-state index in [2.05, 4.69) is 60.5 Å². The van der Waals surface area contributed by atoms with Gasteiger partial charge in [-0.1, -0.05) is 0 Å². The van der Waals surface area contributed by atoms with Crippen LogP contribution in [-0.2, 0) is 67.5 Å². The van der Waals surface area contributed by atoms with Crippen LogP contribution in [0.5, 0.6) is 0 Å². The zero-order chi connectivity index (χ0) is 45.1. The Kier molecular flexibility index (Phi) is 22.3. The van der Waals surface area contributed by atoms with E-state index in [1.54, 1.807) is 0 Å². The molecule has 47 heteroatoms. The second-order valence-electron chi connectivity index (χ2n) is 12.1. The Morgan fingerprint density at radius 3 is 1.06 bits per heavy atom. The van der Waals surface area contributed by atoms with Gasteiger partial charge in [-0.05, 0) is 0 Å². The Balaban J connectivity index is 0.00000726. The van der Waals surface area contributed by atoms with Crippen LogP contribution in [0.25, 0.3) is 22.3 Å². The Morgan fingerprint density at radius 2 is 0.761 bits per heavy atom. The van der Waals surface area contributed by atoms with Gasteiger partial charge < -0.3 is 108 Å². The van der Waals surface area contributed by atoms with Crippen molar-refractivity contribution in [2.24, 2.45) is 0 Å². The third-order valence-electron chi connectivity index (χ3n) is 7.83.